The van der Waals surface area contributed by atoms with E-state index in [-0.39, 0.29) is 5.82 Å². The zero-order valence-corrected chi connectivity index (χ0v) is 9.77. The number of aromatic nitrogens is 2. The predicted octanol–water partition coefficient (Wildman–Crippen LogP) is 3.38. The normalized spacial score (nSPS) is 10.8. The molecule has 0 amide bonds. The molecular formula is C14H11FN2O. The molecule has 0 saturated carbocycles. The summed E-state index contributed by atoms with van der Waals surface area (Å²) in [6, 6.07) is 12.0. The number of nitrogens with one attached hydrogen (secondary N) is 1. The molecule has 90 valence electrons. The number of rotatable bonds is 2. The van der Waals surface area contributed by atoms with Gasteiger partial charge in [0.15, 0.2) is 0 Å². The number of fused-ring (bicyclic) bond motifs is 1. The highest BCUT2D eigenvalue weighted by Gasteiger charge is 2.09. The molecule has 0 aliphatic carbocycles. The molecule has 18 heavy (non-hydrogen) atoms. The highest BCUT2D eigenvalue weighted by Crippen LogP contribution is 2.28. The standard InChI is InChI=1S/C14H11FN2O/c1-18-11-5-6-12-13(8-11)16-17-14(12)9-3-2-4-10(15)7-9/h2-8H,1H3,(H,16,17). The molecule has 1 aromatic heterocycles. The number of nitrogens with zero attached hydrogens (tertiary/aromatic N) is 1. The fraction of sp³-hybridized carbons (Fsp3) is 0.0714. The van der Waals surface area contributed by atoms with Gasteiger partial charge in [0.2, 0.25) is 0 Å². The maximum absolute atomic E-state index is 13.2. The number of methoxy groups -OCH3 is 1. The maximum Gasteiger partial charge on any atom is 0.123 e. The summed E-state index contributed by atoms with van der Waals surface area (Å²) < 4.78 is 18.4. The Kier molecular flexibility index (Phi) is 2.48. The summed E-state index contributed by atoms with van der Waals surface area (Å²) in [7, 11) is 1.62. The quantitative estimate of drug-likeness (QED) is 0.748. The predicted molar refractivity (Wildman–Crippen MR) is 68.0 cm³/mol. The second-order valence-corrected chi connectivity index (χ2v) is 3.99. The van der Waals surface area contributed by atoms with Crippen LogP contribution in [-0.4, -0.2) is 17.3 Å². The van der Waals surface area contributed by atoms with E-state index in [1.165, 1.54) is 12.1 Å². The Hall–Kier alpha value is -2.36. The van der Waals surface area contributed by atoms with E-state index in [2.05, 4.69) is 10.2 Å². The smallest absolute Gasteiger partial charge is 0.123 e. The van der Waals surface area contributed by atoms with Crippen LogP contribution >= 0.6 is 0 Å². The number of ether oxygens (including phenoxy) is 1. The molecule has 0 spiro atoms. The van der Waals surface area contributed by atoms with Gasteiger partial charge in [-0.05, 0) is 24.3 Å². The summed E-state index contributed by atoms with van der Waals surface area (Å²) >= 11 is 0. The van der Waals surface area contributed by atoms with Gasteiger partial charge in [-0.1, -0.05) is 12.1 Å². The zero-order valence-electron chi connectivity index (χ0n) is 9.77. The molecule has 0 bridgehead atoms. The highest BCUT2D eigenvalue weighted by molar-refractivity contribution is 5.93. The van der Waals surface area contributed by atoms with Crippen molar-refractivity contribution < 1.29 is 9.13 Å². The SMILES string of the molecule is COc1ccc2c(-c3cccc(F)c3)n[nH]c2c1. The van der Waals surface area contributed by atoms with Crippen molar-refractivity contribution >= 4 is 10.9 Å². The van der Waals surface area contributed by atoms with Crippen LogP contribution in [0.5, 0.6) is 5.75 Å². The zero-order chi connectivity index (χ0) is 12.5. The molecule has 3 rings (SSSR count). The van der Waals surface area contributed by atoms with Crippen molar-refractivity contribution in [2.24, 2.45) is 0 Å². The molecule has 4 heteroatoms. The number of hydrogen-bond acceptors (Lipinski definition) is 2. The lowest BCUT2D eigenvalue weighted by Gasteiger charge is -2.00. The minimum absolute atomic E-state index is 0.267. The first-order chi connectivity index (χ1) is 8.78. The third kappa shape index (κ3) is 1.72. The molecule has 0 unspecified atom stereocenters. The Balaban J connectivity index is 2.18. The topological polar surface area (TPSA) is 37.9 Å². The van der Waals surface area contributed by atoms with Gasteiger partial charge in [0.25, 0.3) is 0 Å². The Morgan fingerprint density at radius 3 is 2.83 bits per heavy atom. The van der Waals surface area contributed by atoms with Gasteiger partial charge in [-0.15, -0.1) is 0 Å². The van der Waals surface area contributed by atoms with Crippen molar-refractivity contribution in [3.63, 3.8) is 0 Å². The van der Waals surface area contributed by atoms with E-state index in [0.29, 0.717) is 0 Å². The second-order valence-electron chi connectivity index (χ2n) is 3.99. The molecule has 0 aliphatic rings. The van der Waals surface area contributed by atoms with Gasteiger partial charge in [0.1, 0.15) is 17.3 Å². The average molecular weight is 242 g/mol. The van der Waals surface area contributed by atoms with Crippen molar-refractivity contribution in [3.8, 4) is 17.0 Å². The van der Waals surface area contributed by atoms with Crippen LogP contribution in [0.15, 0.2) is 42.5 Å². The minimum atomic E-state index is -0.267. The van der Waals surface area contributed by atoms with Gasteiger partial charge in [0, 0.05) is 17.0 Å². The van der Waals surface area contributed by atoms with E-state index in [1.54, 1.807) is 13.2 Å². The Bertz CT molecular complexity index is 706. The van der Waals surface area contributed by atoms with Gasteiger partial charge in [-0.25, -0.2) is 4.39 Å². The minimum Gasteiger partial charge on any atom is -0.497 e. The molecule has 0 saturated heterocycles. The van der Waals surface area contributed by atoms with Gasteiger partial charge in [-0.3, -0.25) is 5.10 Å². The molecule has 0 radical (unpaired) electrons. The monoisotopic (exact) mass is 242 g/mol. The second kappa shape index (κ2) is 4.14. The first-order valence-corrected chi connectivity index (χ1v) is 5.56. The highest BCUT2D eigenvalue weighted by atomic mass is 19.1. The lowest BCUT2D eigenvalue weighted by atomic mass is 10.1. The molecule has 0 atom stereocenters. The Labute approximate surface area is 103 Å². The van der Waals surface area contributed by atoms with Crippen LogP contribution in [0.25, 0.3) is 22.2 Å². The van der Waals surface area contributed by atoms with Crippen LogP contribution in [-0.2, 0) is 0 Å². The van der Waals surface area contributed by atoms with Gasteiger partial charge >= 0.3 is 0 Å². The summed E-state index contributed by atoms with van der Waals surface area (Å²) in [6.45, 7) is 0. The van der Waals surface area contributed by atoms with Gasteiger partial charge in [-0.2, -0.15) is 5.10 Å². The molecule has 2 aromatic carbocycles. The van der Waals surface area contributed by atoms with E-state index in [9.17, 15) is 4.39 Å². The first-order valence-electron chi connectivity index (χ1n) is 5.56. The fourth-order valence-electron chi connectivity index (χ4n) is 1.98. The lowest BCUT2D eigenvalue weighted by Crippen LogP contribution is -1.82. The van der Waals surface area contributed by atoms with Crippen molar-refractivity contribution in [2.45, 2.75) is 0 Å². The van der Waals surface area contributed by atoms with Gasteiger partial charge < -0.3 is 4.74 Å². The van der Waals surface area contributed by atoms with E-state index in [4.69, 9.17) is 4.74 Å². The molecule has 1 N–H and O–H groups in total. The number of aromatic amines is 1. The molecular weight excluding hydrogens is 231 g/mol. The summed E-state index contributed by atoms with van der Waals surface area (Å²) in [5.74, 6) is 0.495. The Morgan fingerprint density at radius 2 is 2.06 bits per heavy atom. The summed E-state index contributed by atoms with van der Waals surface area (Å²) in [5.41, 5.74) is 2.37. The molecule has 3 nitrogen and oxygen atoms in total. The van der Waals surface area contributed by atoms with E-state index < -0.39 is 0 Å². The van der Waals surface area contributed by atoms with Crippen molar-refractivity contribution in [1.82, 2.24) is 10.2 Å². The summed E-state index contributed by atoms with van der Waals surface area (Å²) in [6.07, 6.45) is 0. The fourth-order valence-corrected chi connectivity index (χ4v) is 1.98. The maximum atomic E-state index is 13.2. The van der Waals surface area contributed by atoms with Crippen LogP contribution in [0.2, 0.25) is 0 Å². The van der Waals surface area contributed by atoms with Crippen molar-refractivity contribution in [1.29, 1.82) is 0 Å². The number of halogens is 1. The molecule has 0 aliphatic heterocycles. The van der Waals surface area contributed by atoms with Crippen LogP contribution in [0.4, 0.5) is 4.39 Å². The Morgan fingerprint density at radius 1 is 1.17 bits per heavy atom. The number of H-pyrrole nitrogens is 1. The molecule has 3 aromatic rings. The van der Waals surface area contributed by atoms with E-state index in [0.717, 1.165) is 27.9 Å². The van der Waals surface area contributed by atoms with E-state index >= 15 is 0 Å². The third-order valence-electron chi connectivity index (χ3n) is 2.87. The average Bonchev–Trinajstić information content (AvgIpc) is 2.81. The van der Waals surface area contributed by atoms with Crippen LogP contribution in [0.3, 0.4) is 0 Å². The number of benzene rings is 2. The van der Waals surface area contributed by atoms with Crippen LogP contribution in [0, 0.1) is 5.82 Å². The molecule has 1 heterocycles. The van der Waals surface area contributed by atoms with Crippen LogP contribution in [0.1, 0.15) is 0 Å². The summed E-state index contributed by atoms with van der Waals surface area (Å²) in [4.78, 5) is 0. The van der Waals surface area contributed by atoms with E-state index in [1.807, 2.05) is 24.3 Å². The molecule has 0 fully saturated rings. The van der Waals surface area contributed by atoms with Gasteiger partial charge in [0.05, 0.1) is 12.6 Å². The summed E-state index contributed by atoms with van der Waals surface area (Å²) in [5, 5.41) is 8.11. The first kappa shape index (κ1) is 10.8. The largest absolute Gasteiger partial charge is 0.497 e. The van der Waals surface area contributed by atoms with Crippen molar-refractivity contribution in [3.05, 3.63) is 48.3 Å². The van der Waals surface area contributed by atoms with Crippen molar-refractivity contribution in [2.75, 3.05) is 7.11 Å². The lowest BCUT2D eigenvalue weighted by molar-refractivity contribution is 0.415. The third-order valence-corrected chi connectivity index (χ3v) is 2.87. The van der Waals surface area contributed by atoms with Crippen LogP contribution < -0.4 is 4.74 Å². The number of hydrogen-bond donors (Lipinski definition) is 1.